The molecule has 1 aliphatic heterocycles. The third kappa shape index (κ3) is 3.56. The van der Waals surface area contributed by atoms with Crippen LogP contribution < -0.4 is 19.5 Å². The smallest absolute Gasteiger partial charge is 0.236 e. The topological polar surface area (TPSA) is 91.7 Å². The lowest BCUT2D eigenvalue weighted by atomic mass is 9.74. The number of hydrogen-bond donors (Lipinski definition) is 1. The molecule has 2 aromatic carbocycles. The van der Waals surface area contributed by atoms with Crippen LogP contribution in [0.1, 0.15) is 23.7 Å². The third-order valence-electron chi connectivity index (χ3n) is 6.35. The number of nitrogens with one attached hydrogen (secondary N) is 1. The summed E-state index contributed by atoms with van der Waals surface area (Å²) in [7, 11) is 2.88. The predicted octanol–water partition coefficient (Wildman–Crippen LogP) is 5.12. The zero-order chi connectivity index (χ0) is 24.9. The van der Waals surface area contributed by atoms with Gasteiger partial charge in [0.1, 0.15) is 22.1 Å². The van der Waals surface area contributed by atoms with Gasteiger partial charge in [0.25, 0.3) is 0 Å². The second-order valence-corrected chi connectivity index (χ2v) is 9.18. The highest BCUT2D eigenvalue weighted by Gasteiger charge is 2.60. The highest BCUT2D eigenvalue weighted by atomic mass is 35.5. The monoisotopic (exact) mass is 513 g/mol. The SMILES string of the molecule is COc1cc(OC)c2c(c1Cl)OC1(C(=O)C=C(Nc3cc(Cl)ccc3-n3ccnc3)CC1C)C2=O. The molecular weight excluding hydrogens is 493 g/mol. The van der Waals surface area contributed by atoms with E-state index in [1.807, 2.05) is 10.6 Å². The standard InChI is InChI=1S/C25H21Cl2N3O5/c1-13-8-15(29-16-9-14(26)4-5-17(16)30-7-6-28-12-30)10-20(31)25(13)24(32)21-18(33-2)11-19(34-3)22(27)23(21)35-25/h4-7,9-13,29H,8H2,1-3H3. The molecule has 1 aromatic heterocycles. The number of anilines is 1. The summed E-state index contributed by atoms with van der Waals surface area (Å²) in [6, 6.07) is 6.90. The summed E-state index contributed by atoms with van der Waals surface area (Å²) < 4.78 is 18.6. The van der Waals surface area contributed by atoms with E-state index in [1.165, 1.54) is 26.4 Å². The van der Waals surface area contributed by atoms with Crippen LogP contribution in [0.25, 0.3) is 5.69 Å². The van der Waals surface area contributed by atoms with Crippen molar-refractivity contribution in [3.63, 3.8) is 0 Å². The molecule has 3 aromatic rings. The molecule has 5 rings (SSSR count). The molecule has 0 saturated carbocycles. The molecule has 0 amide bonds. The normalized spacial score (nSPS) is 20.9. The number of carbonyl (C=O) groups excluding carboxylic acids is 2. The summed E-state index contributed by atoms with van der Waals surface area (Å²) >= 11 is 12.7. The van der Waals surface area contributed by atoms with Gasteiger partial charge >= 0.3 is 0 Å². The van der Waals surface area contributed by atoms with Crippen molar-refractivity contribution >= 4 is 40.5 Å². The lowest BCUT2D eigenvalue weighted by Gasteiger charge is -2.35. The lowest BCUT2D eigenvalue weighted by molar-refractivity contribution is -0.129. The molecule has 0 fully saturated rings. The molecule has 2 atom stereocenters. The van der Waals surface area contributed by atoms with E-state index in [2.05, 4.69) is 10.3 Å². The van der Waals surface area contributed by atoms with Crippen molar-refractivity contribution in [1.82, 2.24) is 9.55 Å². The van der Waals surface area contributed by atoms with Crippen molar-refractivity contribution < 1.29 is 23.8 Å². The molecule has 10 heteroatoms. The molecule has 0 saturated heterocycles. The van der Waals surface area contributed by atoms with Crippen molar-refractivity contribution in [3.8, 4) is 22.9 Å². The molecule has 1 spiro atoms. The summed E-state index contributed by atoms with van der Waals surface area (Å²) in [6.07, 6.45) is 6.90. The summed E-state index contributed by atoms with van der Waals surface area (Å²) in [6.45, 7) is 1.79. The molecule has 0 bridgehead atoms. The summed E-state index contributed by atoms with van der Waals surface area (Å²) in [5.74, 6) is -0.860. The van der Waals surface area contributed by atoms with E-state index in [0.717, 1.165) is 5.69 Å². The molecule has 180 valence electrons. The maximum atomic E-state index is 13.6. The fourth-order valence-corrected chi connectivity index (χ4v) is 5.06. The number of fused-ring (bicyclic) bond motifs is 1. The number of halogens is 2. The van der Waals surface area contributed by atoms with Gasteiger partial charge in [0.15, 0.2) is 5.75 Å². The van der Waals surface area contributed by atoms with Gasteiger partial charge in [0.05, 0.1) is 31.9 Å². The van der Waals surface area contributed by atoms with Crippen LogP contribution in [0.5, 0.6) is 17.2 Å². The number of imidazole rings is 1. The van der Waals surface area contributed by atoms with Gasteiger partial charge in [0, 0.05) is 41.2 Å². The van der Waals surface area contributed by atoms with Crippen LogP contribution >= 0.6 is 23.2 Å². The minimum Gasteiger partial charge on any atom is -0.496 e. The fraction of sp³-hybridized carbons (Fsp3) is 0.240. The average Bonchev–Trinajstić information content (AvgIpc) is 3.46. The van der Waals surface area contributed by atoms with E-state index < -0.39 is 23.1 Å². The number of ether oxygens (including phenoxy) is 3. The van der Waals surface area contributed by atoms with Crippen molar-refractivity contribution in [2.24, 2.45) is 5.92 Å². The van der Waals surface area contributed by atoms with E-state index in [1.54, 1.807) is 37.8 Å². The molecule has 2 aliphatic rings. The Hall–Kier alpha value is -3.49. The highest BCUT2D eigenvalue weighted by Crippen LogP contribution is 2.53. The van der Waals surface area contributed by atoms with Crippen LogP contribution in [0.15, 0.2) is 54.8 Å². The number of Topliss-reactive ketones (excluding diaryl/α,β-unsaturated/α-hetero) is 1. The Kier molecular flexibility index (Phi) is 5.73. The number of hydrogen-bond acceptors (Lipinski definition) is 7. The van der Waals surface area contributed by atoms with Crippen LogP contribution in [0, 0.1) is 5.92 Å². The molecule has 1 N–H and O–H groups in total. The largest absolute Gasteiger partial charge is 0.496 e. The highest BCUT2D eigenvalue weighted by molar-refractivity contribution is 6.36. The molecular formula is C25H21Cl2N3O5. The minimum absolute atomic E-state index is 0.0927. The van der Waals surface area contributed by atoms with Crippen LogP contribution in [0.3, 0.4) is 0 Å². The van der Waals surface area contributed by atoms with Crippen LogP contribution in [-0.4, -0.2) is 40.9 Å². The van der Waals surface area contributed by atoms with Gasteiger partial charge in [-0.3, -0.25) is 9.59 Å². The third-order valence-corrected chi connectivity index (χ3v) is 6.94. The van der Waals surface area contributed by atoms with E-state index in [0.29, 0.717) is 22.8 Å². The van der Waals surface area contributed by atoms with Gasteiger partial charge in [-0.15, -0.1) is 0 Å². The van der Waals surface area contributed by atoms with Crippen molar-refractivity contribution in [2.45, 2.75) is 18.9 Å². The van der Waals surface area contributed by atoms with Crippen LogP contribution in [0.2, 0.25) is 10.0 Å². The van der Waals surface area contributed by atoms with Gasteiger partial charge in [0.2, 0.25) is 17.2 Å². The maximum Gasteiger partial charge on any atom is 0.236 e. The lowest BCUT2D eigenvalue weighted by Crippen LogP contribution is -2.55. The molecule has 1 aliphatic carbocycles. The summed E-state index contributed by atoms with van der Waals surface area (Å²) in [4.78, 5) is 31.3. The first-order valence-corrected chi connectivity index (χ1v) is 11.5. The second kappa shape index (κ2) is 8.62. The zero-order valence-corrected chi connectivity index (χ0v) is 20.6. The van der Waals surface area contributed by atoms with Gasteiger partial charge in [-0.05, 0) is 24.6 Å². The Morgan fingerprint density at radius 2 is 1.94 bits per heavy atom. The van der Waals surface area contributed by atoms with Gasteiger partial charge in [-0.2, -0.15) is 0 Å². The number of aromatic nitrogens is 2. The minimum atomic E-state index is -1.74. The molecule has 0 radical (unpaired) electrons. The Morgan fingerprint density at radius 3 is 2.60 bits per heavy atom. The summed E-state index contributed by atoms with van der Waals surface area (Å²) in [5, 5.41) is 3.95. The number of nitrogens with zero attached hydrogens (tertiary/aromatic N) is 2. The van der Waals surface area contributed by atoms with E-state index in [9.17, 15) is 9.59 Å². The first kappa shape index (κ1) is 23.3. The first-order chi connectivity index (χ1) is 16.8. The van der Waals surface area contributed by atoms with Gasteiger partial charge in [-0.25, -0.2) is 4.98 Å². The zero-order valence-electron chi connectivity index (χ0n) is 19.1. The van der Waals surface area contributed by atoms with Crippen LogP contribution in [0.4, 0.5) is 5.69 Å². The number of allylic oxidation sites excluding steroid dienone is 1. The predicted molar refractivity (Wildman–Crippen MR) is 131 cm³/mol. The maximum absolute atomic E-state index is 13.6. The molecule has 2 unspecified atom stereocenters. The molecule has 2 heterocycles. The number of ketones is 2. The Morgan fingerprint density at radius 1 is 1.17 bits per heavy atom. The molecule has 35 heavy (non-hydrogen) atoms. The fourth-order valence-electron chi connectivity index (χ4n) is 4.62. The van der Waals surface area contributed by atoms with E-state index >= 15 is 0 Å². The quantitative estimate of drug-likeness (QED) is 0.473. The van der Waals surface area contributed by atoms with E-state index in [-0.39, 0.29) is 27.8 Å². The Bertz CT molecular complexity index is 1390. The second-order valence-electron chi connectivity index (χ2n) is 8.36. The number of carbonyl (C=O) groups is 2. The van der Waals surface area contributed by atoms with Crippen molar-refractivity contribution in [3.05, 3.63) is 70.4 Å². The first-order valence-electron chi connectivity index (χ1n) is 10.8. The van der Waals surface area contributed by atoms with Crippen molar-refractivity contribution in [2.75, 3.05) is 19.5 Å². The Labute approximate surface area is 211 Å². The van der Waals surface area contributed by atoms with Gasteiger partial charge < -0.3 is 24.1 Å². The number of benzene rings is 2. The Balaban J connectivity index is 1.52. The summed E-state index contributed by atoms with van der Waals surface area (Å²) in [5.41, 5.74) is 0.519. The number of rotatable bonds is 5. The van der Waals surface area contributed by atoms with Gasteiger partial charge in [-0.1, -0.05) is 30.1 Å². The van der Waals surface area contributed by atoms with Crippen LogP contribution in [-0.2, 0) is 4.79 Å². The average molecular weight is 514 g/mol. The number of methoxy groups -OCH3 is 2. The molecule has 8 nitrogen and oxygen atoms in total. The van der Waals surface area contributed by atoms with Crippen molar-refractivity contribution in [1.29, 1.82) is 0 Å². The van der Waals surface area contributed by atoms with E-state index in [4.69, 9.17) is 37.4 Å².